The van der Waals surface area contributed by atoms with Crippen LogP contribution in [0.5, 0.6) is 0 Å². The molecule has 3 aromatic rings. The van der Waals surface area contributed by atoms with Gasteiger partial charge in [-0.25, -0.2) is 9.37 Å². The highest BCUT2D eigenvalue weighted by atomic mass is 19.1. The van der Waals surface area contributed by atoms with E-state index in [-0.39, 0.29) is 17.6 Å². The number of likely N-dealkylation sites (tertiary alicyclic amines) is 1. The second kappa shape index (κ2) is 6.07. The standard InChI is InChI=1S/C19H17FN2O2/c20-15-9-7-13(8-10-15)19(23)22-11-3-4-14(12-22)18-21-16-5-1-2-6-17(16)24-18/h1-2,5-10,14H,3-4,11-12H2/t14-/m1/s1. The molecule has 1 aromatic heterocycles. The number of aromatic nitrogens is 1. The van der Waals surface area contributed by atoms with E-state index in [0.717, 1.165) is 23.9 Å². The van der Waals surface area contributed by atoms with E-state index in [1.165, 1.54) is 24.3 Å². The number of piperidine rings is 1. The number of para-hydroxylation sites is 2. The molecule has 0 N–H and O–H groups in total. The van der Waals surface area contributed by atoms with Gasteiger partial charge in [0, 0.05) is 18.7 Å². The number of carbonyl (C=O) groups excluding carboxylic acids is 1. The maximum atomic E-state index is 13.0. The molecule has 5 heteroatoms. The van der Waals surface area contributed by atoms with Gasteiger partial charge in [-0.2, -0.15) is 0 Å². The molecule has 0 spiro atoms. The van der Waals surface area contributed by atoms with Crippen molar-refractivity contribution in [2.75, 3.05) is 13.1 Å². The first-order valence-corrected chi connectivity index (χ1v) is 8.11. The van der Waals surface area contributed by atoms with Crippen LogP contribution in [-0.4, -0.2) is 28.9 Å². The third-order valence-corrected chi connectivity index (χ3v) is 4.46. The molecule has 2 aromatic carbocycles. The Morgan fingerprint density at radius 3 is 2.75 bits per heavy atom. The maximum absolute atomic E-state index is 13.0. The zero-order valence-electron chi connectivity index (χ0n) is 13.1. The van der Waals surface area contributed by atoms with Gasteiger partial charge in [0.25, 0.3) is 5.91 Å². The van der Waals surface area contributed by atoms with Gasteiger partial charge in [0.15, 0.2) is 11.5 Å². The zero-order chi connectivity index (χ0) is 16.5. The Labute approximate surface area is 138 Å². The van der Waals surface area contributed by atoms with Crippen LogP contribution in [-0.2, 0) is 0 Å². The molecule has 4 nitrogen and oxygen atoms in total. The van der Waals surface area contributed by atoms with Crippen molar-refractivity contribution in [2.45, 2.75) is 18.8 Å². The van der Waals surface area contributed by atoms with E-state index in [1.807, 2.05) is 24.3 Å². The number of nitrogens with zero attached hydrogens (tertiary/aromatic N) is 2. The normalized spacial score (nSPS) is 18.0. The van der Waals surface area contributed by atoms with Crippen LogP contribution in [0.25, 0.3) is 11.1 Å². The van der Waals surface area contributed by atoms with Crippen molar-refractivity contribution in [3.63, 3.8) is 0 Å². The van der Waals surface area contributed by atoms with Gasteiger partial charge in [-0.1, -0.05) is 12.1 Å². The molecule has 1 fully saturated rings. The molecule has 1 aliphatic heterocycles. The van der Waals surface area contributed by atoms with Crippen molar-refractivity contribution < 1.29 is 13.6 Å². The lowest BCUT2D eigenvalue weighted by Crippen LogP contribution is -2.39. The lowest BCUT2D eigenvalue weighted by Gasteiger charge is -2.31. The molecule has 2 heterocycles. The molecule has 0 saturated carbocycles. The quantitative estimate of drug-likeness (QED) is 0.716. The van der Waals surface area contributed by atoms with Gasteiger partial charge in [-0.05, 0) is 49.2 Å². The molecular formula is C19H17FN2O2. The average molecular weight is 324 g/mol. The number of hydrogen-bond donors (Lipinski definition) is 0. The summed E-state index contributed by atoms with van der Waals surface area (Å²) >= 11 is 0. The van der Waals surface area contributed by atoms with Gasteiger partial charge in [0.1, 0.15) is 11.3 Å². The summed E-state index contributed by atoms with van der Waals surface area (Å²) in [6.45, 7) is 1.27. The minimum Gasteiger partial charge on any atom is -0.440 e. The van der Waals surface area contributed by atoms with Gasteiger partial charge in [0.2, 0.25) is 0 Å². The average Bonchev–Trinajstić information content (AvgIpc) is 3.06. The number of oxazole rings is 1. The minimum absolute atomic E-state index is 0.0733. The van der Waals surface area contributed by atoms with Crippen LogP contribution in [0.1, 0.15) is 35.0 Å². The summed E-state index contributed by atoms with van der Waals surface area (Å²) in [7, 11) is 0. The van der Waals surface area contributed by atoms with Crippen molar-refractivity contribution in [3.8, 4) is 0 Å². The van der Waals surface area contributed by atoms with Crippen molar-refractivity contribution in [1.82, 2.24) is 9.88 Å². The fourth-order valence-corrected chi connectivity index (χ4v) is 3.20. The summed E-state index contributed by atoms with van der Waals surface area (Å²) in [5, 5.41) is 0. The first-order valence-electron chi connectivity index (χ1n) is 8.11. The monoisotopic (exact) mass is 324 g/mol. The predicted molar refractivity (Wildman–Crippen MR) is 88.3 cm³/mol. The zero-order valence-corrected chi connectivity index (χ0v) is 13.1. The van der Waals surface area contributed by atoms with Gasteiger partial charge >= 0.3 is 0 Å². The van der Waals surface area contributed by atoms with Crippen molar-refractivity contribution in [2.24, 2.45) is 0 Å². The van der Waals surface area contributed by atoms with E-state index in [2.05, 4.69) is 4.98 Å². The molecule has 1 atom stereocenters. The fourth-order valence-electron chi connectivity index (χ4n) is 3.20. The van der Waals surface area contributed by atoms with E-state index >= 15 is 0 Å². The lowest BCUT2D eigenvalue weighted by molar-refractivity contribution is 0.0699. The van der Waals surface area contributed by atoms with Gasteiger partial charge < -0.3 is 9.32 Å². The molecule has 4 rings (SSSR count). The topological polar surface area (TPSA) is 46.3 Å². The Morgan fingerprint density at radius 1 is 1.17 bits per heavy atom. The summed E-state index contributed by atoms with van der Waals surface area (Å²) < 4.78 is 18.9. The molecule has 0 aliphatic carbocycles. The summed E-state index contributed by atoms with van der Waals surface area (Å²) in [6.07, 6.45) is 1.84. The van der Waals surface area contributed by atoms with E-state index in [4.69, 9.17) is 4.42 Å². The molecule has 1 aliphatic rings. The van der Waals surface area contributed by atoms with Crippen LogP contribution in [0, 0.1) is 5.82 Å². The third kappa shape index (κ3) is 2.77. The molecule has 122 valence electrons. The molecule has 0 unspecified atom stereocenters. The number of halogens is 1. The third-order valence-electron chi connectivity index (χ3n) is 4.46. The highest BCUT2D eigenvalue weighted by Gasteiger charge is 2.28. The van der Waals surface area contributed by atoms with Crippen LogP contribution in [0.15, 0.2) is 52.9 Å². The number of hydrogen-bond acceptors (Lipinski definition) is 3. The van der Waals surface area contributed by atoms with Crippen LogP contribution in [0.2, 0.25) is 0 Å². The lowest BCUT2D eigenvalue weighted by atomic mass is 9.97. The van der Waals surface area contributed by atoms with E-state index < -0.39 is 0 Å². The molecule has 1 amide bonds. The van der Waals surface area contributed by atoms with E-state index in [9.17, 15) is 9.18 Å². The number of fused-ring (bicyclic) bond motifs is 1. The molecule has 0 bridgehead atoms. The summed E-state index contributed by atoms with van der Waals surface area (Å²) in [6, 6.07) is 13.4. The minimum atomic E-state index is -0.338. The van der Waals surface area contributed by atoms with Crippen LogP contribution >= 0.6 is 0 Å². The number of rotatable bonds is 2. The van der Waals surface area contributed by atoms with E-state index in [1.54, 1.807) is 4.90 Å². The summed E-state index contributed by atoms with van der Waals surface area (Å²) in [5.74, 6) is 0.369. The predicted octanol–water partition coefficient (Wildman–Crippen LogP) is 3.99. The number of carbonyl (C=O) groups is 1. The molecule has 1 saturated heterocycles. The maximum Gasteiger partial charge on any atom is 0.253 e. The van der Waals surface area contributed by atoms with Gasteiger partial charge in [-0.15, -0.1) is 0 Å². The first-order chi connectivity index (χ1) is 11.7. The van der Waals surface area contributed by atoms with Gasteiger partial charge in [-0.3, -0.25) is 4.79 Å². The fraction of sp³-hybridized carbons (Fsp3) is 0.263. The van der Waals surface area contributed by atoms with E-state index in [0.29, 0.717) is 24.5 Å². The molecule has 24 heavy (non-hydrogen) atoms. The van der Waals surface area contributed by atoms with Crippen LogP contribution < -0.4 is 0 Å². The SMILES string of the molecule is O=C(c1ccc(F)cc1)N1CCC[C@@H](c2nc3ccccc3o2)C1. The Hall–Kier alpha value is -2.69. The largest absolute Gasteiger partial charge is 0.440 e. The van der Waals surface area contributed by atoms with Crippen molar-refractivity contribution in [3.05, 3.63) is 65.8 Å². The first kappa shape index (κ1) is 14.9. The van der Waals surface area contributed by atoms with Crippen molar-refractivity contribution in [1.29, 1.82) is 0 Å². The summed E-state index contributed by atoms with van der Waals surface area (Å²) in [5.41, 5.74) is 2.12. The number of amides is 1. The van der Waals surface area contributed by atoms with Gasteiger partial charge in [0.05, 0.1) is 5.92 Å². The molecular weight excluding hydrogens is 307 g/mol. The highest BCUT2D eigenvalue weighted by Crippen LogP contribution is 2.29. The number of benzene rings is 2. The summed E-state index contributed by atoms with van der Waals surface area (Å²) in [4.78, 5) is 19.0. The van der Waals surface area contributed by atoms with Crippen LogP contribution in [0.3, 0.4) is 0 Å². The second-order valence-electron chi connectivity index (χ2n) is 6.12. The Morgan fingerprint density at radius 2 is 1.96 bits per heavy atom. The van der Waals surface area contributed by atoms with Crippen molar-refractivity contribution >= 4 is 17.0 Å². The Balaban J connectivity index is 1.54. The molecule has 0 radical (unpaired) electrons. The van der Waals surface area contributed by atoms with Crippen LogP contribution in [0.4, 0.5) is 4.39 Å². The Kier molecular flexibility index (Phi) is 3.76. The highest BCUT2D eigenvalue weighted by molar-refractivity contribution is 5.94. The second-order valence-corrected chi connectivity index (χ2v) is 6.12. The smallest absolute Gasteiger partial charge is 0.253 e. The Bertz CT molecular complexity index is 839.